The van der Waals surface area contributed by atoms with Crippen LogP contribution in [0, 0.1) is 17.4 Å². The lowest BCUT2D eigenvalue weighted by molar-refractivity contribution is 0.00505. The molecule has 37 heavy (non-hydrogen) atoms. The van der Waals surface area contributed by atoms with Crippen LogP contribution >= 0.6 is 0 Å². The van der Waals surface area contributed by atoms with Gasteiger partial charge in [-0.3, -0.25) is 9.59 Å². The van der Waals surface area contributed by atoms with E-state index >= 15 is 0 Å². The van der Waals surface area contributed by atoms with Gasteiger partial charge in [-0.2, -0.15) is 5.11 Å². The largest absolute Gasteiger partial charge is 0.472 e. The van der Waals surface area contributed by atoms with Crippen molar-refractivity contribution in [1.82, 2.24) is 14.8 Å². The molecule has 1 saturated carbocycles. The number of nitrogens with two attached hydrogens (primary N) is 1. The van der Waals surface area contributed by atoms with Crippen molar-refractivity contribution in [2.75, 3.05) is 45.1 Å². The van der Waals surface area contributed by atoms with Crippen molar-refractivity contribution < 1.29 is 19.1 Å². The van der Waals surface area contributed by atoms with Gasteiger partial charge in [0.2, 0.25) is 5.88 Å². The zero-order valence-corrected chi connectivity index (χ0v) is 20.8. The maximum Gasteiger partial charge on any atom is 0.255 e. The summed E-state index contributed by atoms with van der Waals surface area (Å²) in [6.45, 7) is 3.82. The number of rotatable bonds is 6. The molecule has 1 aromatic carbocycles. The third-order valence-electron chi connectivity index (χ3n) is 8.00. The molecule has 3 atom stereocenters. The summed E-state index contributed by atoms with van der Waals surface area (Å²) >= 11 is 0. The lowest BCUT2D eigenvalue weighted by atomic mass is 10.0. The molecule has 1 aromatic heterocycles. The van der Waals surface area contributed by atoms with Crippen LogP contribution < -0.4 is 10.5 Å². The van der Waals surface area contributed by atoms with Gasteiger partial charge in [-0.25, -0.2) is 10.5 Å². The first-order valence-corrected chi connectivity index (χ1v) is 13.1. The van der Waals surface area contributed by atoms with E-state index < -0.39 is 0 Å². The molecule has 2 amide bonds. The number of carbonyl (C=O) groups is 2. The number of nitrogen functional groups attached to an aromatic ring is 1. The highest BCUT2D eigenvalue weighted by Gasteiger charge is 2.43. The zero-order valence-electron chi connectivity index (χ0n) is 20.8. The lowest BCUT2D eigenvalue weighted by Gasteiger charge is -2.24. The Morgan fingerprint density at radius 2 is 1.73 bits per heavy atom. The molecule has 10 heteroatoms. The van der Waals surface area contributed by atoms with E-state index in [1.165, 1.54) is 0 Å². The Labute approximate surface area is 215 Å². The molecule has 0 bridgehead atoms. The predicted octanol–water partition coefficient (Wildman–Crippen LogP) is 3.61. The number of amides is 2. The summed E-state index contributed by atoms with van der Waals surface area (Å²) in [4.78, 5) is 34.8. The smallest absolute Gasteiger partial charge is 0.255 e. The Kier molecular flexibility index (Phi) is 6.27. The number of carbonyl (C=O) groups excluding carboxylic acids is 2. The normalized spacial score (nSPS) is 25.1. The molecule has 3 N–H and O–H groups in total. The number of benzene rings is 1. The van der Waals surface area contributed by atoms with Crippen molar-refractivity contribution in [1.29, 1.82) is 5.53 Å². The molecule has 2 aromatic rings. The van der Waals surface area contributed by atoms with E-state index in [-0.39, 0.29) is 29.8 Å². The van der Waals surface area contributed by atoms with Gasteiger partial charge in [0.05, 0.1) is 17.9 Å². The van der Waals surface area contributed by atoms with E-state index in [9.17, 15) is 9.59 Å². The fourth-order valence-electron chi connectivity index (χ4n) is 5.80. The van der Waals surface area contributed by atoms with Crippen LogP contribution in [0.15, 0.2) is 35.6 Å². The second-order valence-electron chi connectivity index (χ2n) is 10.7. The minimum atomic E-state index is -0.0885. The summed E-state index contributed by atoms with van der Waals surface area (Å²) in [7, 11) is 0. The summed E-state index contributed by atoms with van der Waals surface area (Å²) < 4.78 is 11.7. The Hall–Kier alpha value is -3.53. The SMILES string of the molecule is N=Nc1cc(C(=O)N2CC3CN(C(=O)c4cnc(OC5CCCOC5)c(C5CC5)c4)C[C@@H]3C2)ccc1N. The summed E-state index contributed by atoms with van der Waals surface area (Å²) in [6, 6.07) is 6.83. The molecular weight excluding hydrogens is 472 g/mol. The maximum absolute atomic E-state index is 13.4. The number of fused-ring (bicyclic) bond motifs is 1. The quantitative estimate of drug-likeness (QED) is 0.456. The Balaban J connectivity index is 1.10. The molecule has 10 nitrogen and oxygen atoms in total. The summed E-state index contributed by atoms with van der Waals surface area (Å²) in [5, 5.41) is 3.40. The van der Waals surface area contributed by atoms with Crippen molar-refractivity contribution in [2.45, 2.75) is 37.7 Å². The molecule has 194 valence electrons. The van der Waals surface area contributed by atoms with Gasteiger partial charge < -0.3 is 25.0 Å². The fourth-order valence-corrected chi connectivity index (χ4v) is 5.80. The van der Waals surface area contributed by atoms with Gasteiger partial charge in [-0.05, 0) is 55.9 Å². The first-order valence-electron chi connectivity index (χ1n) is 13.1. The first kappa shape index (κ1) is 23.8. The second-order valence-corrected chi connectivity index (χ2v) is 10.7. The maximum atomic E-state index is 13.4. The standard InChI is InChI=1S/C27H32N6O4/c28-23-6-5-17(9-24(23)31-29)26(34)32-11-19-13-33(14-20(19)12-32)27(35)18-8-22(16-3-4-16)25(30-10-18)37-21-2-1-7-36-15-21/h5-6,8-10,16,19-21,29H,1-4,7,11-15,28H2/t19-,20?,21?/m0/s1. The van der Waals surface area contributed by atoms with Crippen molar-refractivity contribution in [3.05, 3.63) is 47.2 Å². The van der Waals surface area contributed by atoms with E-state index in [2.05, 4.69) is 10.1 Å². The van der Waals surface area contributed by atoms with E-state index in [1.54, 1.807) is 24.4 Å². The third kappa shape index (κ3) is 4.77. The molecule has 2 unspecified atom stereocenters. The van der Waals surface area contributed by atoms with Gasteiger partial charge in [-0.15, -0.1) is 0 Å². The molecule has 0 spiro atoms. The van der Waals surface area contributed by atoms with Gasteiger partial charge in [0.25, 0.3) is 11.8 Å². The van der Waals surface area contributed by atoms with Gasteiger partial charge >= 0.3 is 0 Å². The Morgan fingerprint density at radius 1 is 1.03 bits per heavy atom. The van der Waals surface area contributed by atoms with E-state index in [4.69, 9.17) is 20.7 Å². The van der Waals surface area contributed by atoms with Crippen molar-refractivity contribution >= 4 is 23.2 Å². The van der Waals surface area contributed by atoms with Gasteiger partial charge in [0.15, 0.2) is 0 Å². The molecule has 3 aliphatic heterocycles. The average molecular weight is 505 g/mol. The number of nitrogens with zero attached hydrogens (tertiary/aromatic N) is 4. The average Bonchev–Trinajstić information content (AvgIpc) is 3.57. The van der Waals surface area contributed by atoms with Crippen LogP contribution in [0.5, 0.6) is 5.88 Å². The molecule has 3 saturated heterocycles. The van der Waals surface area contributed by atoms with Gasteiger partial charge in [0, 0.05) is 61.9 Å². The Bertz CT molecular complexity index is 1210. The minimum Gasteiger partial charge on any atom is -0.472 e. The Morgan fingerprint density at radius 3 is 2.35 bits per heavy atom. The fraction of sp³-hybridized carbons (Fsp3) is 0.519. The highest BCUT2D eigenvalue weighted by atomic mass is 16.5. The molecular formula is C27H32N6O4. The molecule has 4 fully saturated rings. The third-order valence-corrected chi connectivity index (χ3v) is 8.00. The van der Waals surface area contributed by atoms with Crippen molar-refractivity contribution in [2.24, 2.45) is 17.0 Å². The highest BCUT2D eigenvalue weighted by molar-refractivity contribution is 5.96. The monoisotopic (exact) mass is 504 g/mol. The van der Waals surface area contributed by atoms with Gasteiger partial charge in [0.1, 0.15) is 11.8 Å². The van der Waals surface area contributed by atoms with Crippen molar-refractivity contribution in [3.8, 4) is 5.88 Å². The number of hydrogen-bond donors (Lipinski definition) is 2. The predicted molar refractivity (Wildman–Crippen MR) is 135 cm³/mol. The lowest BCUT2D eigenvalue weighted by Crippen LogP contribution is -2.35. The van der Waals surface area contributed by atoms with E-state index in [0.717, 1.165) is 37.9 Å². The first-order chi connectivity index (χ1) is 18.0. The zero-order chi connectivity index (χ0) is 25.5. The van der Waals surface area contributed by atoms with Crippen LogP contribution in [0.1, 0.15) is 57.9 Å². The number of pyridine rings is 1. The number of hydrogen-bond acceptors (Lipinski definition) is 8. The van der Waals surface area contributed by atoms with Crippen LogP contribution in [0.2, 0.25) is 0 Å². The van der Waals surface area contributed by atoms with Crippen LogP contribution in [0.3, 0.4) is 0 Å². The highest BCUT2D eigenvalue weighted by Crippen LogP contribution is 2.44. The molecule has 1 aliphatic carbocycles. The molecule has 4 aliphatic rings. The number of anilines is 1. The second kappa shape index (κ2) is 9.74. The number of nitrogens with one attached hydrogen (secondary N) is 1. The number of aromatic nitrogens is 1. The summed E-state index contributed by atoms with van der Waals surface area (Å²) in [6.07, 6.45) is 5.81. The minimum absolute atomic E-state index is 0.00513. The van der Waals surface area contributed by atoms with E-state index in [0.29, 0.717) is 67.1 Å². The summed E-state index contributed by atoms with van der Waals surface area (Å²) in [5.74, 6) is 1.45. The molecule has 0 radical (unpaired) electrons. The van der Waals surface area contributed by atoms with Crippen LogP contribution in [0.25, 0.3) is 0 Å². The van der Waals surface area contributed by atoms with Crippen LogP contribution in [-0.4, -0.2) is 72.1 Å². The van der Waals surface area contributed by atoms with Crippen LogP contribution in [0.4, 0.5) is 11.4 Å². The topological polar surface area (TPSA) is 134 Å². The number of likely N-dealkylation sites (tertiary alicyclic amines) is 2. The molecule has 4 heterocycles. The number of ether oxygens (including phenoxy) is 2. The van der Waals surface area contributed by atoms with E-state index in [1.807, 2.05) is 15.9 Å². The van der Waals surface area contributed by atoms with Crippen molar-refractivity contribution in [3.63, 3.8) is 0 Å². The van der Waals surface area contributed by atoms with Gasteiger partial charge in [-0.1, -0.05) is 0 Å². The summed E-state index contributed by atoms with van der Waals surface area (Å²) in [5.41, 5.74) is 15.8. The molecule has 6 rings (SSSR count). The van der Waals surface area contributed by atoms with Crippen LogP contribution in [-0.2, 0) is 4.74 Å².